The molecule has 2 aromatic heterocycles. The molecule has 140 valence electrons. The van der Waals surface area contributed by atoms with E-state index in [9.17, 15) is 14.7 Å². The van der Waals surface area contributed by atoms with Crippen LogP contribution in [-0.4, -0.2) is 25.9 Å². The van der Waals surface area contributed by atoms with E-state index in [1.807, 2.05) is 25.1 Å². The predicted octanol–water partition coefficient (Wildman–Crippen LogP) is 3.55. The number of aromatic nitrogens is 3. The highest BCUT2D eigenvalue weighted by molar-refractivity contribution is 7.22. The summed E-state index contributed by atoms with van der Waals surface area (Å²) < 4.78 is 1.94. The van der Waals surface area contributed by atoms with Crippen molar-refractivity contribution in [3.8, 4) is 11.6 Å². The van der Waals surface area contributed by atoms with Gasteiger partial charge in [-0.2, -0.15) is 0 Å². The summed E-state index contributed by atoms with van der Waals surface area (Å²) in [7, 11) is 0. The van der Waals surface area contributed by atoms with Crippen LogP contribution in [0.15, 0.2) is 57.0 Å². The summed E-state index contributed by atoms with van der Waals surface area (Å²) in [5.74, 6) is -0.517. The molecule has 0 unspecified atom stereocenters. The standard InChI is InChI=1S/C19H13ClN4O3S/c1-10-2-7-14-15(8-10)28-18(22-14)21-9-13-16(25)23-19(27)24(17(13)26)12-5-3-11(20)4-6-12/h2-9,26H,1H3,(H,23,25,27)/b21-9+. The van der Waals surface area contributed by atoms with Gasteiger partial charge >= 0.3 is 5.69 Å². The van der Waals surface area contributed by atoms with Crippen LogP contribution in [0.5, 0.6) is 5.88 Å². The molecular weight excluding hydrogens is 400 g/mol. The molecule has 9 heteroatoms. The summed E-state index contributed by atoms with van der Waals surface area (Å²) in [6.45, 7) is 1.99. The van der Waals surface area contributed by atoms with Gasteiger partial charge in [-0.1, -0.05) is 29.0 Å². The van der Waals surface area contributed by atoms with Gasteiger partial charge in [-0.05, 0) is 48.9 Å². The summed E-state index contributed by atoms with van der Waals surface area (Å²) >= 11 is 7.22. The van der Waals surface area contributed by atoms with Gasteiger partial charge < -0.3 is 5.11 Å². The second kappa shape index (κ2) is 7.06. The number of fused-ring (bicyclic) bond motifs is 1. The number of thiazole rings is 1. The first-order valence-electron chi connectivity index (χ1n) is 8.18. The van der Waals surface area contributed by atoms with Gasteiger partial charge in [0.2, 0.25) is 11.0 Å². The van der Waals surface area contributed by atoms with E-state index >= 15 is 0 Å². The highest BCUT2D eigenvalue weighted by atomic mass is 35.5. The van der Waals surface area contributed by atoms with Crippen LogP contribution in [-0.2, 0) is 0 Å². The Bertz CT molecular complexity index is 1340. The fourth-order valence-corrected chi connectivity index (χ4v) is 3.71. The SMILES string of the molecule is Cc1ccc2nc(/N=C/c3c(O)n(-c4ccc(Cl)cc4)c(=O)[nH]c3=O)sc2c1. The summed E-state index contributed by atoms with van der Waals surface area (Å²) in [4.78, 5) is 35.1. The monoisotopic (exact) mass is 412 g/mol. The third kappa shape index (κ3) is 3.35. The minimum absolute atomic E-state index is 0.148. The number of hydrogen-bond acceptors (Lipinski definition) is 6. The molecular formula is C19H13ClN4O3S. The first-order valence-corrected chi connectivity index (χ1v) is 9.37. The number of aryl methyl sites for hydroxylation is 1. The maximum absolute atomic E-state index is 12.2. The Hall–Kier alpha value is -3.23. The molecule has 0 saturated carbocycles. The van der Waals surface area contributed by atoms with Crippen molar-refractivity contribution in [3.05, 3.63) is 79.5 Å². The molecule has 0 radical (unpaired) electrons. The van der Waals surface area contributed by atoms with Crippen molar-refractivity contribution in [1.82, 2.24) is 14.5 Å². The summed E-state index contributed by atoms with van der Waals surface area (Å²) in [5.41, 5.74) is 0.604. The van der Waals surface area contributed by atoms with E-state index in [1.54, 1.807) is 24.3 Å². The number of hydrogen-bond donors (Lipinski definition) is 2. The van der Waals surface area contributed by atoms with E-state index in [0.717, 1.165) is 20.3 Å². The van der Waals surface area contributed by atoms with Gasteiger partial charge in [0.1, 0.15) is 5.56 Å². The first kappa shape index (κ1) is 18.1. The van der Waals surface area contributed by atoms with Crippen LogP contribution < -0.4 is 11.2 Å². The second-order valence-corrected chi connectivity index (χ2v) is 7.48. The number of H-pyrrole nitrogens is 1. The number of halogens is 1. The van der Waals surface area contributed by atoms with Crippen LogP contribution in [0.2, 0.25) is 5.02 Å². The van der Waals surface area contributed by atoms with E-state index in [2.05, 4.69) is 15.0 Å². The molecule has 2 N–H and O–H groups in total. The van der Waals surface area contributed by atoms with Gasteiger partial charge in [-0.3, -0.25) is 9.78 Å². The number of nitrogens with zero attached hydrogens (tertiary/aromatic N) is 3. The lowest BCUT2D eigenvalue weighted by Crippen LogP contribution is -2.31. The molecule has 4 aromatic rings. The van der Waals surface area contributed by atoms with Crippen LogP contribution in [0, 0.1) is 6.92 Å². The number of rotatable bonds is 3. The van der Waals surface area contributed by atoms with Crippen LogP contribution in [0.25, 0.3) is 15.9 Å². The molecule has 4 rings (SSSR count). The average Bonchev–Trinajstić information content (AvgIpc) is 3.04. The summed E-state index contributed by atoms with van der Waals surface area (Å²) in [6, 6.07) is 12.1. The zero-order valence-corrected chi connectivity index (χ0v) is 16.1. The van der Waals surface area contributed by atoms with E-state index in [4.69, 9.17) is 11.6 Å². The number of benzene rings is 2. The van der Waals surface area contributed by atoms with Crippen LogP contribution in [0.1, 0.15) is 11.1 Å². The zero-order chi connectivity index (χ0) is 19.8. The van der Waals surface area contributed by atoms with Crippen molar-refractivity contribution >= 4 is 44.5 Å². The summed E-state index contributed by atoms with van der Waals surface area (Å²) in [6.07, 6.45) is 1.20. The molecule has 0 amide bonds. The molecule has 2 heterocycles. The molecule has 0 atom stereocenters. The van der Waals surface area contributed by atoms with Gasteiger partial charge in [-0.15, -0.1) is 0 Å². The third-order valence-electron chi connectivity index (χ3n) is 4.04. The Balaban J connectivity index is 1.79. The number of nitrogens with one attached hydrogen (secondary N) is 1. The fraction of sp³-hybridized carbons (Fsp3) is 0.0526. The zero-order valence-electron chi connectivity index (χ0n) is 14.5. The van der Waals surface area contributed by atoms with Gasteiger partial charge in [0.15, 0.2) is 0 Å². The highest BCUT2D eigenvalue weighted by Crippen LogP contribution is 2.28. The van der Waals surface area contributed by atoms with Crippen LogP contribution in [0.4, 0.5) is 5.13 Å². The Morgan fingerprint density at radius 3 is 2.71 bits per heavy atom. The lowest BCUT2D eigenvalue weighted by atomic mass is 10.2. The van der Waals surface area contributed by atoms with Crippen molar-refractivity contribution in [2.45, 2.75) is 6.92 Å². The molecule has 0 aliphatic rings. The Labute approximate surface area is 167 Å². The Morgan fingerprint density at radius 2 is 1.96 bits per heavy atom. The topological polar surface area (TPSA) is 100 Å². The lowest BCUT2D eigenvalue weighted by molar-refractivity contribution is 0.430. The molecule has 0 spiro atoms. The normalized spacial score (nSPS) is 11.5. The van der Waals surface area contributed by atoms with Crippen molar-refractivity contribution < 1.29 is 5.11 Å². The maximum atomic E-state index is 12.2. The average molecular weight is 413 g/mol. The first-order chi connectivity index (χ1) is 13.4. The highest BCUT2D eigenvalue weighted by Gasteiger charge is 2.14. The second-order valence-electron chi connectivity index (χ2n) is 6.03. The molecule has 7 nitrogen and oxygen atoms in total. The third-order valence-corrected chi connectivity index (χ3v) is 5.22. The van der Waals surface area contributed by atoms with E-state index in [1.165, 1.54) is 17.6 Å². The molecule has 0 aliphatic carbocycles. The largest absolute Gasteiger partial charge is 0.493 e. The van der Waals surface area contributed by atoms with Crippen LogP contribution >= 0.6 is 22.9 Å². The van der Waals surface area contributed by atoms with Gasteiger partial charge in [0, 0.05) is 11.2 Å². The summed E-state index contributed by atoms with van der Waals surface area (Å²) in [5, 5.41) is 11.4. The van der Waals surface area contributed by atoms with Crippen molar-refractivity contribution in [2.24, 2.45) is 4.99 Å². The van der Waals surface area contributed by atoms with Crippen molar-refractivity contribution in [3.63, 3.8) is 0 Å². The molecule has 0 fully saturated rings. The minimum Gasteiger partial charge on any atom is -0.493 e. The van der Waals surface area contributed by atoms with Gasteiger partial charge in [0.25, 0.3) is 5.56 Å². The number of aromatic amines is 1. The lowest BCUT2D eigenvalue weighted by Gasteiger charge is -2.09. The molecule has 0 saturated heterocycles. The van der Waals surface area contributed by atoms with Crippen LogP contribution in [0.3, 0.4) is 0 Å². The quantitative estimate of drug-likeness (QED) is 0.502. The number of aliphatic imine (C=N–C) groups is 1. The molecule has 28 heavy (non-hydrogen) atoms. The number of aromatic hydroxyl groups is 1. The van der Waals surface area contributed by atoms with Gasteiger partial charge in [-0.25, -0.2) is 19.3 Å². The molecule has 0 aliphatic heterocycles. The maximum Gasteiger partial charge on any atom is 0.335 e. The predicted molar refractivity (Wildman–Crippen MR) is 111 cm³/mol. The Kier molecular flexibility index (Phi) is 4.58. The van der Waals surface area contributed by atoms with Crippen molar-refractivity contribution in [2.75, 3.05) is 0 Å². The fourth-order valence-electron chi connectivity index (χ4n) is 2.68. The van der Waals surface area contributed by atoms with E-state index < -0.39 is 17.1 Å². The smallest absolute Gasteiger partial charge is 0.335 e. The van der Waals surface area contributed by atoms with E-state index in [-0.39, 0.29) is 5.56 Å². The Morgan fingerprint density at radius 1 is 1.21 bits per heavy atom. The van der Waals surface area contributed by atoms with Gasteiger partial charge in [0.05, 0.1) is 15.9 Å². The van der Waals surface area contributed by atoms with Crippen molar-refractivity contribution in [1.29, 1.82) is 0 Å². The minimum atomic E-state index is -0.766. The van der Waals surface area contributed by atoms with E-state index in [0.29, 0.717) is 15.8 Å². The molecule has 2 aromatic carbocycles. The molecule has 0 bridgehead atoms.